The summed E-state index contributed by atoms with van der Waals surface area (Å²) in [6, 6.07) is 16.4. The summed E-state index contributed by atoms with van der Waals surface area (Å²) in [6.07, 6.45) is 0. The van der Waals surface area contributed by atoms with E-state index in [0.717, 1.165) is 11.1 Å². The van der Waals surface area contributed by atoms with Gasteiger partial charge in [0, 0.05) is 16.6 Å². The van der Waals surface area contributed by atoms with Crippen LogP contribution < -0.4 is 16.4 Å². The number of aromatic carboxylic acids is 1. The number of amides is 1. The van der Waals surface area contributed by atoms with Gasteiger partial charge in [-0.05, 0) is 54.4 Å². The molecule has 0 radical (unpaired) electrons. The minimum atomic E-state index is -1.01. The first kappa shape index (κ1) is 22.5. The van der Waals surface area contributed by atoms with Gasteiger partial charge >= 0.3 is 5.97 Å². The molecule has 1 atom stereocenters. The number of carboxylic acid groups (broad SMARTS) is 1. The number of carboxylic acids is 1. The monoisotopic (exact) mass is 457 g/mol. The summed E-state index contributed by atoms with van der Waals surface area (Å²) in [5, 5.41) is 16.1. The molecule has 3 aromatic carbocycles. The van der Waals surface area contributed by atoms with Crippen molar-refractivity contribution in [3.63, 3.8) is 0 Å². The fourth-order valence-corrected chi connectivity index (χ4v) is 3.55. The zero-order chi connectivity index (χ0) is 22.5. The molecule has 160 valence electrons. The average Bonchev–Trinajstić information content (AvgIpc) is 2.72. The van der Waals surface area contributed by atoms with E-state index in [2.05, 4.69) is 10.6 Å². The topological polar surface area (TPSA) is 104 Å². The predicted molar refractivity (Wildman–Crippen MR) is 124 cm³/mol. The molecule has 0 saturated heterocycles. The molecule has 5 N–H and O–H groups in total. The van der Waals surface area contributed by atoms with Crippen LogP contribution in [0.3, 0.4) is 0 Å². The molecular formula is C23H21Cl2N3O3. The Balaban J connectivity index is 1.80. The Hall–Kier alpha value is -3.22. The minimum absolute atomic E-state index is 0.178. The van der Waals surface area contributed by atoms with Gasteiger partial charge in [-0.3, -0.25) is 4.79 Å². The Kier molecular flexibility index (Phi) is 7.05. The normalized spacial score (nSPS) is 11.6. The SMILES string of the molecule is C[C@H](NC(=O)c1cc(Cl)cc(N)c1NCc1cccc(Cl)c1)c1ccc(C(=O)O)cc1. The maximum Gasteiger partial charge on any atom is 0.335 e. The third-order valence-electron chi connectivity index (χ3n) is 4.74. The summed E-state index contributed by atoms with van der Waals surface area (Å²) >= 11 is 12.2. The van der Waals surface area contributed by atoms with Crippen LogP contribution in [0.5, 0.6) is 0 Å². The summed E-state index contributed by atoms with van der Waals surface area (Å²) in [5.74, 6) is -1.37. The number of halogens is 2. The molecule has 1 amide bonds. The fourth-order valence-electron chi connectivity index (χ4n) is 3.11. The van der Waals surface area contributed by atoms with Gasteiger partial charge in [-0.1, -0.05) is 47.5 Å². The number of anilines is 2. The third kappa shape index (κ3) is 5.69. The van der Waals surface area contributed by atoms with Crippen LogP contribution in [-0.2, 0) is 6.54 Å². The molecule has 0 aliphatic rings. The van der Waals surface area contributed by atoms with Crippen LogP contribution in [0.4, 0.5) is 11.4 Å². The highest BCUT2D eigenvalue weighted by atomic mass is 35.5. The lowest BCUT2D eigenvalue weighted by molar-refractivity contribution is 0.0696. The Bertz CT molecular complexity index is 1120. The van der Waals surface area contributed by atoms with E-state index in [1.165, 1.54) is 12.1 Å². The average molecular weight is 458 g/mol. The molecule has 0 aliphatic carbocycles. The van der Waals surface area contributed by atoms with Gasteiger partial charge in [-0.25, -0.2) is 4.79 Å². The second-order valence-corrected chi connectivity index (χ2v) is 7.90. The van der Waals surface area contributed by atoms with E-state index in [9.17, 15) is 9.59 Å². The molecule has 8 heteroatoms. The van der Waals surface area contributed by atoms with E-state index < -0.39 is 5.97 Å². The summed E-state index contributed by atoms with van der Waals surface area (Å²) < 4.78 is 0. The molecule has 3 aromatic rings. The van der Waals surface area contributed by atoms with Gasteiger partial charge in [-0.2, -0.15) is 0 Å². The van der Waals surface area contributed by atoms with Gasteiger partial charge < -0.3 is 21.5 Å². The summed E-state index contributed by atoms with van der Waals surface area (Å²) in [6.45, 7) is 2.22. The predicted octanol–water partition coefficient (Wildman–Crippen LogP) is 5.38. The Labute approximate surface area is 190 Å². The van der Waals surface area contributed by atoms with Crippen molar-refractivity contribution >= 4 is 46.5 Å². The highest BCUT2D eigenvalue weighted by Crippen LogP contribution is 2.29. The largest absolute Gasteiger partial charge is 0.478 e. The lowest BCUT2D eigenvalue weighted by atomic mass is 10.0. The molecule has 0 bridgehead atoms. The number of nitrogens with two attached hydrogens (primary N) is 1. The van der Waals surface area contributed by atoms with Gasteiger partial charge in [0.1, 0.15) is 0 Å². The molecule has 0 unspecified atom stereocenters. The number of rotatable bonds is 7. The first-order valence-electron chi connectivity index (χ1n) is 9.46. The van der Waals surface area contributed by atoms with Crippen molar-refractivity contribution in [3.05, 3.63) is 93.0 Å². The number of nitrogens with one attached hydrogen (secondary N) is 2. The van der Waals surface area contributed by atoms with Crippen molar-refractivity contribution in [3.8, 4) is 0 Å². The maximum atomic E-state index is 13.0. The Morgan fingerprint density at radius 3 is 2.39 bits per heavy atom. The van der Waals surface area contributed by atoms with E-state index in [1.54, 1.807) is 37.3 Å². The molecule has 31 heavy (non-hydrogen) atoms. The van der Waals surface area contributed by atoms with E-state index in [0.29, 0.717) is 33.5 Å². The number of carbonyl (C=O) groups excluding carboxylic acids is 1. The van der Waals surface area contributed by atoms with Crippen molar-refractivity contribution in [2.75, 3.05) is 11.1 Å². The van der Waals surface area contributed by atoms with E-state index in [-0.39, 0.29) is 17.5 Å². The zero-order valence-corrected chi connectivity index (χ0v) is 18.2. The van der Waals surface area contributed by atoms with Crippen molar-refractivity contribution < 1.29 is 14.7 Å². The number of carbonyl (C=O) groups is 2. The first-order valence-corrected chi connectivity index (χ1v) is 10.2. The maximum absolute atomic E-state index is 13.0. The van der Waals surface area contributed by atoms with Crippen LogP contribution in [0.25, 0.3) is 0 Å². The number of benzene rings is 3. The van der Waals surface area contributed by atoms with E-state index >= 15 is 0 Å². The van der Waals surface area contributed by atoms with Crippen molar-refractivity contribution in [2.45, 2.75) is 19.5 Å². The van der Waals surface area contributed by atoms with Crippen LogP contribution in [-0.4, -0.2) is 17.0 Å². The quantitative estimate of drug-likeness (QED) is 0.356. The fraction of sp³-hybridized carbons (Fsp3) is 0.130. The minimum Gasteiger partial charge on any atom is -0.478 e. The van der Waals surface area contributed by atoms with Crippen LogP contribution >= 0.6 is 23.2 Å². The molecule has 0 aromatic heterocycles. The molecule has 0 heterocycles. The lowest BCUT2D eigenvalue weighted by Crippen LogP contribution is -2.27. The van der Waals surface area contributed by atoms with Crippen LogP contribution in [0, 0.1) is 0 Å². The molecule has 0 saturated carbocycles. The first-order chi connectivity index (χ1) is 14.7. The van der Waals surface area contributed by atoms with E-state index in [1.807, 2.05) is 18.2 Å². The number of hydrogen-bond donors (Lipinski definition) is 4. The van der Waals surface area contributed by atoms with Gasteiger partial charge in [0.25, 0.3) is 5.91 Å². The molecule has 3 rings (SSSR count). The summed E-state index contributed by atoms with van der Waals surface area (Å²) in [4.78, 5) is 24.0. The van der Waals surface area contributed by atoms with E-state index in [4.69, 9.17) is 34.0 Å². The van der Waals surface area contributed by atoms with Crippen LogP contribution in [0.1, 0.15) is 44.8 Å². The summed E-state index contributed by atoms with van der Waals surface area (Å²) in [7, 11) is 0. The smallest absolute Gasteiger partial charge is 0.335 e. The van der Waals surface area contributed by atoms with Gasteiger partial charge in [0.15, 0.2) is 0 Å². The number of nitrogen functional groups attached to an aromatic ring is 1. The standard InChI is InChI=1S/C23H21Cl2N3O3/c1-13(15-5-7-16(8-6-15)23(30)31)28-22(29)19-10-18(25)11-20(26)21(19)27-12-14-3-2-4-17(24)9-14/h2-11,13,27H,12,26H2,1H3,(H,28,29)(H,30,31)/t13-/m0/s1. The highest BCUT2D eigenvalue weighted by Gasteiger charge is 2.18. The van der Waals surface area contributed by atoms with Crippen molar-refractivity contribution in [1.29, 1.82) is 0 Å². The van der Waals surface area contributed by atoms with Crippen LogP contribution in [0.15, 0.2) is 60.7 Å². The van der Waals surface area contributed by atoms with Crippen LogP contribution in [0.2, 0.25) is 10.0 Å². The van der Waals surface area contributed by atoms with Gasteiger partial charge in [-0.15, -0.1) is 0 Å². The molecule has 0 fully saturated rings. The Morgan fingerprint density at radius 1 is 1.03 bits per heavy atom. The molecule has 6 nitrogen and oxygen atoms in total. The van der Waals surface area contributed by atoms with Gasteiger partial charge in [0.2, 0.25) is 0 Å². The number of hydrogen-bond acceptors (Lipinski definition) is 4. The van der Waals surface area contributed by atoms with Gasteiger partial charge in [0.05, 0.1) is 28.5 Å². The zero-order valence-electron chi connectivity index (χ0n) is 16.7. The van der Waals surface area contributed by atoms with Crippen molar-refractivity contribution in [2.24, 2.45) is 0 Å². The lowest BCUT2D eigenvalue weighted by Gasteiger charge is -2.19. The molecule has 0 spiro atoms. The molecule has 0 aliphatic heterocycles. The second-order valence-electron chi connectivity index (χ2n) is 7.02. The molecular weight excluding hydrogens is 437 g/mol. The highest BCUT2D eigenvalue weighted by molar-refractivity contribution is 6.31. The van der Waals surface area contributed by atoms with Crippen molar-refractivity contribution in [1.82, 2.24) is 5.32 Å². The summed E-state index contributed by atoms with van der Waals surface area (Å²) in [5.41, 5.74) is 9.13. The second kappa shape index (κ2) is 9.73. The third-order valence-corrected chi connectivity index (χ3v) is 5.20. The Morgan fingerprint density at radius 2 is 1.74 bits per heavy atom.